The van der Waals surface area contributed by atoms with Gasteiger partial charge in [-0.15, -0.1) is 12.4 Å². The van der Waals surface area contributed by atoms with Gasteiger partial charge in [0.25, 0.3) is 5.91 Å². The van der Waals surface area contributed by atoms with E-state index in [1.807, 2.05) is 0 Å². The van der Waals surface area contributed by atoms with Crippen LogP contribution in [-0.2, 0) is 0 Å². The molecule has 0 spiro atoms. The quantitative estimate of drug-likeness (QED) is 0.552. The summed E-state index contributed by atoms with van der Waals surface area (Å²) in [7, 11) is 0. The SMILES string of the molecule is Cl.NC1CCC2CN(C(=O)c3cc(I)c(F)cc3F)CC12. The fraction of sp³-hybridized carbons (Fsp3) is 0.500. The number of hydrogen-bond acceptors (Lipinski definition) is 2. The highest BCUT2D eigenvalue weighted by Gasteiger charge is 2.42. The number of rotatable bonds is 1. The summed E-state index contributed by atoms with van der Waals surface area (Å²) >= 11 is 1.76. The highest BCUT2D eigenvalue weighted by atomic mass is 127. The van der Waals surface area contributed by atoms with E-state index in [1.165, 1.54) is 6.07 Å². The van der Waals surface area contributed by atoms with Crippen molar-refractivity contribution in [2.75, 3.05) is 13.1 Å². The molecule has 3 unspecified atom stereocenters. The molecule has 1 saturated carbocycles. The first-order valence-electron chi connectivity index (χ1n) is 6.66. The van der Waals surface area contributed by atoms with Gasteiger partial charge in [-0.25, -0.2) is 8.78 Å². The zero-order chi connectivity index (χ0) is 14.4. The van der Waals surface area contributed by atoms with Gasteiger partial charge in [0.05, 0.1) is 5.56 Å². The molecule has 0 bridgehead atoms. The minimum Gasteiger partial charge on any atom is -0.338 e. The molecule has 3 rings (SSSR count). The Balaban J connectivity index is 0.00000161. The molecular weight excluding hydrogens is 413 g/mol. The van der Waals surface area contributed by atoms with E-state index in [2.05, 4.69) is 0 Å². The zero-order valence-corrected chi connectivity index (χ0v) is 14.2. The Bertz CT molecular complexity index is 572. The van der Waals surface area contributed by atoms with Crippen molar-refractivity contribution in [1.29, 1.82) is 0 Å². The van der Waals surface area contributed by atoms with Crippen LogP contribution >= 0.6 is 35.0 Å². The van der Waals surface area contributed by atoms with E-state index < -0.39 is 11.6 Å². The van der Waals surface area contributed by atoms with Gasteiger partial charge in [0.15, 0.2) is 0 Å². The number of likely N-dealkylation sites (tertiary alicyclic amines) is 1. The van der Waals surface area contributed by atoms with Gasteiger partial charge in [-0.2, -0.15) is 0 Å². The van der Waals surface area contributed by atoms with Crippen molar-refractivity contribution >= 4 is 40.9 Å². The minimum atomic E-state index is -0.797. The molecule has 1 aromatic carbocycles. The van der Waals surface area contributed by atoms with Crippen LogP contribution in [-0.4, -0.2) is 29.9 Å². The molecule has 1 amide bonds. The largest absolute Gasteiger partial charge is 0.338 e. The van der Waals surface area contributed by atoms with Gasteiger partial charge in [-0.3, -0.25) is 4.79 Å². The third-order valence-corrected chi connectivity index (χ3v) is 5.27. The second-order valence-electron chi connectivity index (χ2n) is 5.62. The molecule has 0 radical (unpaired) electrons. The van der Waals surface area contributed by atoms with Gasteiger partial charge in [-0.05, 0) is 53.3 Å². The lowest BCUT2D eigenvalue weighted by Crippen LogP contribution is -2.34. The first kappa shape index (κ1) is 16.9. The third-order valence-electron chi connectivity index (χ3n) is 4.44. The Hall–Kier alpha value is -0.470. The van der Waals surface area contributed by atoms with Crippen LogP contribution in [0.2, 0.25) is 0 Å². The molecule has 0 aromatic heterocycles. The summed E-state index contributed by atoms with van der Waals surface area (Å²) in [6.45, 7) is 1.21. The fourth-order valence-electron chi connectivity index (χ4n) is 3.33. The minimum absolute atomic E-state index is 0. The molecule has 2 aliphatic rings. The molecule has 1 aromatic rings. The summed E-state index contributed by atoms with van der Waals surface area (Å²) in [5.74, 6) is -1.05. The van der Waals surface area contributed by atoms with Gasteiger partial charge < -0.3 is 10.6 Å². The van der Waals surface area contributed by atoms with Crippen molar-refractivity contribution in [1.82, 2.24) is 4.90 Å². The van der Waals surface area contributed by atoms with Crippen molar-refractivity contribution in [2.45, 2.75) is 18.9 Å². The first-order valence-corrected chi connectivity index (χ1v) is 7.74. The normalized spacial score (nSPS) is 27.4. The number of nitrogens with zero attached hydrogens (tertiary/aromatic N) is 1. The van der Waals surface area contributed by atoms with E-state index in [1.54, 1.807) is 27.5 Å². The van der Waals surface area contributed by atoms with Crippen LogP contribution < -0.4 is 5.73 Å². The van der Waals surface area contributed by atoms with Crippen LogP contribution in [0.25, 0.3) is 0 Å². The smallest absolute Gasteiger partial charge is 0.256 e. The predicted molar refractivity (Wildman–Crippen MR) is 86.4 cm³/mol. The average molecular weight is 429 g/mol. The van der Waals surface area contributed by atoms with Gasteiger partial charge in [0.2, 0.25) is 0 Å². The Morgan fingerprint density at radius 2 is 1.95 bits per heavy atom. The highest BCUT2D eigenvalue weighted by Crippen LogP contribution is 2.37. The van der Waals surface area contributed by atoms with Crippen LogP contribution in [0.3, 0.4) is 0 Å². The molecule has 7 heteroatoms. The van der Waals surface area contributed by atoms with Crippen LogP contribution in [0.5, 0.6) is 0 Å². The summed E-state index contributed by atoms with van der Waals surface area (Å²) in [6.07, 6.45) is 2.03. The lowest BCUT2D eigenvalue weighted by molar-refractivity contribution is 0.0774. The number of carbonyl (C=O) groups is 1. The maximum Gasteiger partial charge on any atom is 0.256 e. The molecule has 1 heterocycles. The Morgan fingerprint density at radius 3 is 2.62 bits per heavy atom. The van der Waals surface area contributed by atoms with Crippen LogP contribution in [0.1, 0.15) is 23.2 Å². The molecule has 116 valence electrons. The van der Waals surface area contributed by atoms with Crippen LogP contribution in [0.15, 0.2) is 12.1 Å². The van der Waals surface area contributed by atoms with Crippen LogP contribution in [0.4, 0.5) is 8.78 Å². The lowest BCUT2D eigenvalue weighted by Gasteiger charge is -2.19. The highest BCUT2D eigenvalue weighted by molar-refractivity contribution is 14.1. The van der Waals surface area contributed by atoms with E-state index in [9.17, 15) is 13.6 Å². The van der Waals surface area contributed by atoms with E-state index in [0.717, 1.165) is 18.9 Å². The number of halogens is 4. The van der Waals surface area contributed by atoms with Crippen molar-refractivity contribution in [3.05, 3.63) is 32.9 Å². The fourth-order valence-corrected chi connectivity index (χ4v) is 3.80. The monoisotopic (exact) mass is 428 g/mol. The summed E-state index contributed by atoms with van der Waals surface area (Å²) in [5, 5.41) is 0. The van der Waals surface area contributed by atoms with Gasteiger partial charge in [0, 0.05) is 28.8 Å². The Morgan fingerprint density at radius 1 is 1.24 bits per heavy atom. The lowest BCUT2D eigenvalue weighted by atomic mass is 9.98. The zero-order valence-electron chi connectivity index (χ0n) is 11.2. The maximum absolute atomic E-state index is 13.8. The standard InChI is InChI=1S/C14H15F2IN2O.ClH/c15-10-4-11(16)12(17)3-8(10)14(20)19-5-7-1-2-13(18)9(7)6-19;/h3-4,7,9,13H,1-2,5-6,18H2;1H. The summed E-state index contributed by atoms with van der Waals surface area (Å²) in [5.41, 5.74) is 5.98. The van der Waals surface area contributed by atoms with E-state index >= 15 is 0 Å². The number of fused-ring (bicyclic) bond motifs is 1. The number of benzene rings is 1. The molecule has 2 N–H and O–H groups in total. The third kappa shape index (κ3) is 3.03. The molecule has 2 fully saturated rings. The molecule has 1 aliphatic carbocycles. The summed E-state index contributed by atoms with van der Waals surface area (Å²) in [6, 6.07) is 2.19. The topological polar surface area (TPSA) is 46.3 Å². The number of amides is 1. The Labute approximate surface area is 141 Å². The number of nitrogens with two attached hydrogens (primary N) is 1. The molecule has 21 heavy (non-hydrogen) atoms. The van der Waals surface area contributed by atoms with E-state index in [4.69, 9.17) is 5.73 Å². The van der Waals surface area contributed by atoms with E-state index in [-0.39, 0.29) is 33.5 Å². The van der Waals surface area contributed by atoms with Gasteiger partial charge >= 0.3 is 0 Å². The second-order valence-corrected chi connectivity index (χ2v) is 6.78. The Kier molecular flexibility index (Phi) is 5.10. The van der Waals surface area contributed by atoms with Gasteiger partial charge in [-0.1, -0.05) is 0 Å². The van der Waals surface area contributed by atoms with Crippen molar-refractivity contribution in [3.8, 4) is 0 Å². The maximum atomic E-state index is 13.8. The van der Waals surface area contributed by atoms with Crippen molar-refractivity contribution in [3.63, 3.8) is 0 Å². The number of carbonyl (C=O) groups excluding carboxylic acids is 1. The average Bonchev–Trinajstić information content (AvgIpc) is 2.96. The molecule has 1 aliphatic heterocycles. The molecule has 1 saturated heterocycles. The molecule has 3 nitrogen and oxygen atoms in total. The predicted octanol–water partition coefficient (Wildman–Crippen LogP) is 2.80. The number of hydrogen-bond donors (Lipinski definition) is 1. The van der Waals surface area contributed by atoms with Crippen molar-refractivity contribution < 1.29 is 13.6 Å². The van der Waals surface area contributed by atoms with Gasteiger partial charge in [0.1, 0.15) is 11.6 Å². The van der Waals surface area contributed by atoms with Crippen LogP contribution in [0, 0.1) is 27.0 Å². The second kappa shape index (κ2) is 6.34. The molecular formula is C14H16ClF2IN2O. The summed E-state index contributed by atoms with van der Waals surface area (Å²) in [4.78, 5) is 14.0. The molecule has 3 atom stereocenters. The van der Waals surface area contributed by atoms with E-state index in [0.29, 0.717) is 24.9 Å². The first-order chi connectivity index (χ1) is 9.47. The summed E-state index contributed by atoms with van der Waals surface area (Å²) < 4.78 is 27.3. The van der Waals surface area contributed by atoms with Crippen molar-refractivity contribution in [2.24, 2.45) is 17.6 Å².